The highest BCUT2D eigenvalue weighted by atomic mass is 35.5. The minimum Gasteiger partial charge on any atom is -0.493 e. The van der Waals surface area contributed by atoms with Crippen LogP contribution in [-0.2, 0) is 4.79 Å². The summed E-state index contributed by atoms with van der Waals surface area (Å²) < 4.78 is 16.3. The minimum atomic E-state index is -0.491. The van der Waals surface area contributed by atoms with Crippen molar-refractivity contribution in [3.63, 3.8) is 0 Å². The van der Waals surface area contributed by atoms with Crippen LogP contribution in [0.15, 0.2) is 71.8 Å². The number of rotatable bonds is 10. The summed E-state index contributed by atoms with van der Waals surface area (Å²) in [6.45, 7) is 0.318. The maximum Gasteiger partial charge on any atom is 0.343 e. The molecule has 7 nitrogen and oxygen atoms in total. The Balaban J connectivity index is 1.46. The first-order valence-corrected chi connectivity index (χ1v) is 11.1. The van der Waals surface area contributed by atoms with Crippen LogP contribution in [0.25, 0.3) is 0 Å². The fourth-order valence-electron chi connectivity index (χ4n) is 2.82. The number of amides is 1. The molecular weight excluding hydrogens is 479 g/mol. The summed E-state index contributed by atoms with van der Waals surface area (Å²) in [7, 11) is 1.47. The topological polar surface area (TPSA) is 86.2 Å². The van der Waals surface area contributed by atoms with Crippen LogP contribution in [0.4, 0.5) is 0 Å². The van der Waals surface area contributed by atoms with Gasteiger partial charge in [0.25, 0.3) is 0 Å². The third-order valence-electron chi connectivity index (χ3n) is 4.50. The Hall–Kier alpha value is -3.55. The van der Waals surface area contributed by atoms with Crippen molar-refractivity contribution >= 4 is 41.3 Å². The van der Waals surface area contributed by atoms with Crippen LogP contribution in [0, 0.1) is 0 Å². The summed E-state index contributed by atoms with van der Waals surface area (Å²) in [5.74, 6) is 0.393. The van der Waals surface area contributed by atoms with Gasteiger partial charge in [0.2, 0.25) is 5.91 Å². The molecule has 3 aromatic carbocycles. The number of hydrogen-bond donors (Lipinski definition) is 1. The van der Waals surface area contributed by atoms with Crippen LogP contribution < -0.4 is 19.6 Å². The van der Waals surface area contributed by atoms with E-state index in [1.165, 1.54) is 13.3 Å². The Kier molecular flexibility index (Phi) is 9.31. The molecule has 0 bridgehead atoms. The zero-order valence-electron chi connectivity index (χ0n) is 18.3. The Morgan fingerprint density at radius 1 is 0.971 bits per heavy atom. The normalized spacial score (nSPS) is 10.7. The van der Waals surface area contributed by atoms with Crippen LogP contribution in [0.5, 0.6) is 17.2 Å². The number of carbonyl (C=O) groups excluding carboxylic acids is 2. The van der Waals surface area contributed by atoms with Gasteiger partial charge in [-0.1, -0.05) is 41.4 Å². The monoisotopic (exact) mass is 500 g/mol. The zero-order chi connectivity index (χ0) is 24.3. The van der Waals surface area contributed by atoms with Gasteiger partial charge in [0.15, 0.2) is 11.5 Å². The van der Waals surface area contributed by atoms with E-state index in [4.69, 9.17) is 37.4 Å². The standard InChI is InChI=1S/C25H22Cl2N2O5/c1-32-23-14-17(9-11-22(23)34-25(31)18-6-3-2-4-7-18)16-28-29-24(30)8-5-13-33-21-12-10-19(26)15-20(21)27/h2-4,6-7,9-12,14-16H,5,8,13H2,1H3,(H,29,30)/b28-16+. The van der Waals surface area contributed by atoms with Gasteiger partial charge in [-0.25, -0.2) is 10.2 Å². The molecule has 0 aromatic heterocycles. The second kappa shape index (κ2) is 12.6. The molecule has 0 spiro atoms. The Morgan fingerprint density at radius 3 is 2.47 bits per heavy atom. The molecule has 0 saturated heterocycles. The molecule has 34 heavy (non-hydrogen) atoms. The van der Waals surface area contributed by atoms with Crippen molar-refractivity contribution in [2.75, 3.05) is 13.7 Å². The molecule has 0 radical (unpaired) electrons. The quantitative estimate of drug-likeness (QED) is 0.130. The number of ether oxygens (including phenoxy) is 3. The van der Waals surface area contributed by atoms with Crippen molar-refractivity contribution in [2.45, 2.75) is 12.8 Å². The number of hydrogen-bond acceptors (Lipinski definition) is 6. The Bertz CT molecular complexity index is 1170. The summed E-state index contributed by atoms with van der Waals surface area (Å²) in [5.41, 5.74) is 3.54. The summed E-state index contributed by atoms with van der Waals surface area (Å²) >= 11 is 11.9. The van der Waals surface area contributed by atoms with Crippen molar-refractivity contribution in [2.24, 2.45) is 5.10 Å². The molecule has 0 aliphatic carbocycles. The number of nitrogens with one attached hydrogen (secondary N) is 1. The number of esters is 1. The lowest BCUT2D eigenvalue weighted by Gasteiger charge is -2.10. The summed E-state index contributed by atoms with van der Waals surface area (Å²) in [5, 5.41) is 4.89. The maximum atomic E-state index is 12.3. The average molecular weight is 501 g/mol. The minimum absolute atomic E-state index is 0.222. The average Bonchev–Trinajstić information content (AvgIpc) is 2.84. The van der Waals surface area contributed by atoms with Crippen molar-refractivity contribution in [3.05, 3.63) is 87.9 Å². The second-order valence-corrected chi connectivity index (χ2v) is 7.83. The predicted octanol–water partition coefficient (Wildman–Crippen LogP) is 5.53. The maximum absolute atomic E-state index is 12.3. The molecule has 0 saturated carbocycles. The number of carbonyl (C=O) groups is 2. The van der Waals surface area contributed by atoms with E-state index < -0.39 is 5.97 Å². The molecule has 1 N–H and O–H groups in total. The van der Waals surface area contributed by atoms with Crippen molar-refractivity contribution < 1.29 is 23.8 Å². The van der Waals surface area contributed by atoms with Gasteiger partial charge in [-0.15, -0.1) is 0 Å². The molecule has 0 fully saturated rings. The van der Waals surface area contributed by atoms with E-state index in [1.807, 2.05) is 6.07 Å². The molecule has 0 unspecified atom stereocenters. The molecule has 0 atom stereocenters. The first-order chi connectivity index (χ1) is 16.5. The number of nitrogens with zero attached hydrogens (tertiary/aromatic N) is 1. The van der Waals surface area contributed by atoms with E-state index in [1.54, 1.807) is 60.7 Å². The van der Waals surface area contributed by atoms with Crippen LogP contribution in [-0.4, -0.2) is 31.8 Å². The van der Waals surface area contributed by atoms with E-state index in [-0.39, 0.29) is 18.1 Å². The molecule has 1 amide bonds. The number of hydrazone groups is 1. The summed E-state index contributed by atoms with van der Waals surface area (Å²) in [6, 6.07) is 18.5. The number of methoxy groups -OCH3 is 1. The highest BCUT2D eigenvalue weighted by Gasteiger charge is 2.12. The third-order valence-corrected chi connectivity index (χ3v) is 5.03. The molecular formula is C25H22Cl2N2O5. The first-order valence-electron chi connectivity index (χ1n) is 10.3. The fraction of sp³-hybridized carbons (Fsp3) is 0.160. The molecule has 0 heterocycles. The number of halogens is 2. The van der Waals surface area contributed by atoms with Crippen LogP contribution >= 0.6 is 23.2 Å². The van der Waals surface area contributed by atoms with Gasteiger partial charge in [0, 0.05) is 11.4 Å². The van der Waals surface area contributed by atoms with E-state index in [0.717, 1.165) is 0 Å². The van der Waals surface area contributed by atoms with E-state index in [2.05, 4.69) is 10.5 Å². The SMILES string of the molecule is COc1cc(/C=N/NC(=O)CCCOc2ccc(Cl)cc2Cl)ccc1OC(=O)c1ccccc1. The van der Waals surface area contributed by atoms with Gasteiger partial charge < -0.3 is 14.2 Å². The highest BCUT2D eigenvalue weighted by molar-refractivity contribution is 6.35. The largest absolute Gasteiger partial charge is 0.493 e. The Labute approximate surface area is 207 Å². The zero-order valence-corrected chi connectivity index (χ0v) is 19.8. The van der Waals surface area contributed by atoms with Crippen LogP contribution in [0.1, 0.15) is 28.8 Å². The second-order valence-electron chi connectivity index (χ2n) is 6.99. The summed E-state index contributed by atoms with van der Waals surface area (Å²) in [6.07, 6.45) is 2.17. The van der Waals surface area contributed by atoms with Gasteiger partial charge in [-0.3, -0.25) is 4.79 Å². The molecule has 9 heteroatoms. The first kappa shape index (κ1) is 25.1. The summed E-state index contributed by atoms with van der Waals surface area (Å²) in [4.78, 5) is 24.2. The molecule has 0 aliphatic heterocycles. The molecule has 0 aliphatic rings. The molecule has 176 valence electrons. The van der Waals surface area contributed by atoms with E-state index in [9.17, 15) is 9.59 Å². The lowest BCUT2D eigenvalue weighted by atomic mass is 10.2. The molecule has 3 rings (SSSR count). The van der Waals surface area contributed by atoms with E-state index in [0.29, 0.717) is 45.7 Å². The van der Waals surface area contributed by atoms with E-state index >= 15 is 0 Å². The lowest BCUT2D eigenvalue weighted by molar-refractivity contribution is -0.121. The van der Waals surface area contributed by atoms with Crippen LogP contribution in [0.2, 0.25) is 10.0 Å². The lowest BCUT2D eigenvalue weighted by Crippen LogP contribution is -2.18. The van der Waals surface area contributed by atoms with Gasteiger partial charge >= 0.3 is 5.97 Å². The highest BCUT2D eigenvalue weighted by Crippen LogP contribution is 2.29. The van der Waals surface area contributed by atoms with Crippen molar-refractivity contribution in [1.29, 1.82) is 0 Å². The fourth-order valence-corrected chi connectivity index (χ4v) is 3.29. The smallest absolute Gasteiger partial charge is 0.343 e. The van der Waals surface area contributed by atoms with Gasteiger partial charge in [-0.05, 0) is 60.5 Å². The number of benzene rings is 3. The van der Waals surface area contributed by atoms with Crippen molar-refractivity contribution in [1.82, 2.24) is 5.43 Å². The van der Waals surface area contributed by atoms with Gasteiger partial charge in [0.05, 0.1) is 30.5 Å². The molecule has 3 aromatic rings. The van der Waals surface area contributed by atoms with Crippen molar-refractivity contribution in [3.8, 4) is 17.2 Å². The Morgan fingerprint density at radius 2 is 1.74 bits per heavy atom. The van der Waals surface area contributed by atoms with Crippen LogP contribution in [0.3, 0.4) is 0 Å². The predicted molar refractivity (Wildman–Crippen MR) is 131 cm³/mol. The van der Waals surface area contributed by atoms with Gasteiger partial charge in [0.1, 0.15) is 5.75 Å². The van der Waals surface area contributed by atoms with Gasteiger partial charge in [-0.2, -0.15) is 5.10 Å². The third kappa shape index (κ3) is 7.50.